The maximum atomic E-state index is 11.9. The molecule has 1 atom stereocenters. The van der Waals surface area contributed by atoms with E-state index in [2.05, 4.69) is 17.6 Å². The molecule has 0 aromatic heterocycles. The van der Waals surface area contributed by atoms with E-state index in [4.69, 9.17) is 11.6 Å². The Morgan fingerprint density at radius 1 is 1.25 bits per heavy atom. The maximum absolute atomic E-state index is 11.9. The van der Waals surface area contributed by atoms with Crippen LogP contribution in [0.3, 0.4) is 0 Å². The quantitative estimate of drug-likeness (QED) is 0.840. The van der Waals surface area contributed by atoms with Gasteiger partial charge in [-0.05, 0) is 44.9 Å². The lowest BCUT2D eigenvalue weighted by molar-refractivity contribution is -0.121. The zero-order valence-corrected chi connectivity index (χ0v) is 13.6. The van der Waals surface area contributed by atoms with Gasteiger partial charge in [0.25, 0.3) is 0 Å². The first-order valence-electron chi connectivity index (χ1n) is 7.11. The number of carbonyl (C=O) groups is 1. The third-order valence-electron chi connectivity index (χ3n) is 2.87. The Kier molecular flexibility index (Phi) is 6.50. The van der Waals surface area contributed by atoms with Crippen molar-refractivity contribution < 1.29 is 4.79 Å². The van der Waals surface area contributed by atoms with Crippen LogP contribution in [0.5, 0.6) is 0 Å². The van der Waals surface area contributed by atoms with Crippen molar-refractivity contribution in [2.24, 2.45) is 0 Å². The first-order chi connectivity index (χ1) is 9.31. The second-order valence-electron chi connectivity index (χ2n) is 6.07. The number of rotatable bonds is 6. The number of hydrogen-bond acceptors (Lipinski definition) is 2. The Morgan fingerprint density at radius 3 is 2.35 bits per heavy atom. The molecule has 112 valence electrons. The standard InChI is InChI=1S/C16H25ClN2O/c1-5-6-14(12-7-9-13(17)10-8-12)18-11-15(20)19-16(2,3)4/h7-10,14,18H,5-6,11H2,1-4H3,(H,19,20). The van der Waals surface area contributed by atoms with E-state index in [1.54, 1.807) is 0 Å². The first kappa shape index (κ1) is 17.0. The van der Waals surface area contributed by atoms with Crippen LogP contribution in [0, 0.1) is 0 Å². The molecule has 0 aliphatic rings. The molecule has 0 bridgehead atoms. The SMILES string of the molecule is CCCC(NCC(=O)NC(C)(C)C)c1ccc(Cl)cc1. The molecule has 1 rings (SSSR count). The molecule has 1 amide bonds. The molecule has 0 saturated heterocycles. The summed E-state index contributed by atoms with van der Waals surface area (Å²) in [5, 5.41) is 7.01. The van der Waals surface area contributed by atoms with Crippen molar-refractivity contribution in [1.29, 1.82) is 0 Å². The van der Waals surface area contributed by atoms with Crippen molar-refractivity contribution >= 4 is 17.5 Å². The van der Waals surface area contributed by atoms with Crippen molar-refractivity contribution in [3.05, 3.63) is 34.9 Å². The monoisotopic (exact) mass is 296 g/mol. The molecule has 1 aromatic rings. The van der Waals surface area contributed by atoms with Gasteiger partial charge in [-0.3, -0.25) is 4.79 Å². The molecule has 0 spiro atoms. The van der Waals surface area contributed by atoms with Gasteiger partial charge in [-0.15, -0.1) is 0 Å². The van der Waals surface area contributed by atoms with E-state index < -0.39 is 0 Å². The van der Waals surface area contributed by atoms with Crippen molar-refractivity contribution in [3.63, 3.8) is 0 Å². The highest BCUT2D eigenvalue weighted by atomic mass is 35.5. The topological polar surface area (TPSA) is 41.1 Å². The van der Waals surface area contributed by atoms with Crippen LogP contribution < -0.4 is 10.6 Å². The fraction of sp³-hybridized carbons (Fsp3) is 0.562. The largest absolute Gasteiger partial charge is 0.350 e. The Labute approximate surface area is 127 Å². The lowest BCUT2D eigenvalue weighted by atomic mass is 10.0. The summed E-state index contributed by atoms with van der Waals surface area (Å²) in [4.78, 5) is 11.9. The second kappa shape index (κ2) is 7.65. The van der Waals surface area contributed by atoms with E-state index in [-0.39, 0.29) is 17.5 Å². The lowest BCUT2D eigenvalue weighted by Gasteiger charge is -2.23. The molecule has 4 heteroatoms. The van der Waals surface area contributed by atoms with Crippen LogP contribution in [-0.2, 0) is 4.79 Å². The van der Waals surface area contributed by atoms with Gasteiger partial charge in [0.1, 0.15) is 0 Å². The normalized spacial score (nSPS) is 13.1. The van der Waals surface area contributed by atoms with Crippen LogP contribution in [0.1, 0.15) is 52.1 Å². The number of amides is 1. The van der Waals surface area contributed by atoms with Crippen LogP contribution in [-0.4, -0.2) is 18.0 Å². The number of halogens is 1. The summed E-state index contributed by atoms with van der Waals surface area (Å²) in [6.45, 7) is 8.40. The van der Waals surface area contributed by atoms with E-state index in [1.165, 1.54) is 5.56 Å². The Balaban J connectivity index is 2.59. The van der Waals surface area contributed by atoms with Crippen molar-refractivity contribution in [1.82, 2.24) is 10.6 Å². The van der Waals surface area contributed by atoms with Gasteiger partial charge in [0.2, 0.25) is 5.91 Å². The fourth-order valence-electron chi connectivity index (χ4n) is 2.05. The van der Waals surface area contributed by atoms with Gasteiger partial charge in [0.05, 0.1) is 6.54 Å². The van der Waals surface area contributed by atoms with E-state index >= 15 is 0 Å². The molecule has 1 unspecified atom stereocenters. The van der Waals surface area contributed by atoms with Gasteiger partial charge >= 0.3 is 0 Å². The summed E-state index contributed by atoms with van der Waals surface area (Å²) in [5.74, 6) is 0.0209. The van der Waals surface area contributed by atoms with E-state index in [0.29, 0.717) is 6.54 Å². The van der Waals surface area contributed by atoms with Gasteiger partial charge in [-0.2, -0.15) is 0 Å². The van der Waals surface area contributed by atoms with Gasteiger partial charge < -0.3 is 10.6 Å². The van der Waals surface area contributed by atoms with Crippen LogP contribution in [0.4, 0.5) is 0 Å². The minimum atomic E-state index is -0.195. The summed E-state index contributed by atoms with van der Waals surface area (Å²) < 4.78 is 0. The Bertz CT molecular complexity index is 423. The minimum Gasteiger partial charge on any atom is -0.350 e. The summed E-state index contributed by atoms with van der Waals surface area (Å²) >= 11 is 5.91. The van der Waals surface area contributed by atoms with Gasteiger partial charge in [0, 0.05) is 16.6 Å². The van der Waals surface area contributed by atoms with Gasteiger partial charge in [-0.1, -0.05) is 37.1 Å². The summed E-state index contributed by atoms with van der Waals surface area (Å²) in [6, 6.07) is 7.98. The minimum absolute atomic E-state index is 0.0209. The number of benzene rings is 1. The highest BCUT2D eigenvalue weighted by Gasteiger charge is 2.16. The average Bonchev–Trinajstić information content (AvgIpc) is 2.33. The average molecular weight is 297 g/mol. The Hall–Kier alpha value is -1.06. The first-order valence-corrected chi connectivity index (χ1v) is 7.49. The predicted octanol–water partition coefficient (Wildman–Crippen LogP) is 3.69. The van der Waals surface area contributed by atoms with Crippen LogP contribution in [0.2, 0.25) is 5.02 Å². The third-order valence-corrected chi connectivity index (χ3v) is 3.13. The molecule has 0 fully saturated rings. The third kappa shape index (κ3) is 6.40. The van der Waals surface area contributed by atoms with Crippen LogP contribution in [0.15, 0.2) is 24.3 Å². The molecular formula is C16H25ClN2O. The van der Waals surface area contributed by atoms with E-state index in [0.717, 1.165) is 17.9 Å². The fourth-order valence-corrected chi connectivity index (χ4v) is 2.17. The molecule has 0 saturated carbocycles. The highest BCUT2D eigenvalue weighted by Crippen LogP contribution is 2.20. The number of hydrogen-bond donors (Lipinski definition) is 2. The van der Waals surface area contributed by atoms with Crippen LogP contribution in [0.25, 0.3) is 0 Å². The Morgan fingerprint density at radius 2 is 1.85 bits per heavy atom. The molecule has 1 aromatic carbocycles. The molecule has 0 radical (unpaired) electrons. The zero-order chi connectivity index (χ0) is 15.2. The van der Waals surface area contributed by atoms with Gasteiger partial charge in [-0.25, -0.2) is 0 Å². The van der Waals surface area contributed by atoms with Crippen LogP contribution >= 0.6 is 11.6 Å². The summed E-state index contributed by atoms with van der Waals surface area (Å²) in [7, 11) is 0. The molecule has 0 aliphatic carbocycles. The van der Waals surface area contributed by atoms with Crippen molar-refractivity contribution in [2.45, 2.75) is 52.1 Å². The van der Waals surface area contributed by atoms with Crippen molar-refractivity contribution in [2.75, 3.05) is 6.54 Å². The zero-order valence-electron chi connectivity index (χ0n) is 12.8. The summed E-state index contributed by atoms with van der Waals surface area (Å²) in [6.07, 6.45) is 2.05. The van der Waals surface area contributed by atoms with Gasteiger partial charge in [0.15, 0.2) is 0 Å². The lowest BCUT2D eigenvalue weighted by Crippen LogP contribution is -2.45. The molecule has 3 nitrogen and oxygen atoms in total. The molecule has 2 N–H and O–H groups in total. The molecule has 0 aliphatic heterocycles. The smallest absolute Gasteiger partial charge is 0.234 e. The number of carbonyl (C=O) groups excluding carboxylic acids is 1. The predicted molar refractivity (Wildman–Crippen MR) is 85.0 cm³/mol. The summed E-state index contributed by atoms with van der Waals surface area (Å²) in [5.41, 5.74) is 0.971. The number of nitrogens with one attached hydrogen (secondary N) is 2. The highest BCUT2D eigenvalue weighted by molar-refractivity contribution is 6.30. The molecular weight excluding hydrogens is 272 g/mol. The maximum Gasteiger partial charge on any atom is 0.234 e. The van der Waals surface area contributed by atoms with Crippen molar-refractivity contribution in [3.8, 4) is 0 Å². The van der Waals surface area contributed by atoms with E-state index in [9.17, 15) is 4.79 Å². The second-order valence-corrected chi connectivity index (χ2v) is 6.51. The van der Waals surface area contributed by atoms with E-state index in [1.807, 2.05) is 45.0 Å². The molecule has 20 heavy (non-hydrogen) atoms. The molecule has 0 heterocycles.